The zero-order valence-corrected chi connectivity index (χ0v) is 13.4. The molecule has 3 nitrogen and oxygen atoms in total. The molecule has 0 aliphatic carbocycles. The molecule has 0 unspecified atom stereocenters. The van der Waals surface area contributed by atoms with E-state index in [-0.39, 0.29) is 5.91 Å². The molecule has 1 heterocycles. The Morgan fingerprint density at radius 2 is 1.50 bits per heavy atom. The molecule has 3 aromatic rings. The van der Waals surface area contributed by atoms with Crippen molar-refractivity contribution in [1.29, 1.82) is 0 Å². The number of benzene rings is 3. The van der Waals surface area contributed by atoms with Crippen LogP contribution in [-0.4, -0.2) is 5.91 Å². The molecule has 1 amide bonds. The summed E-state index contributed by atoms with van der Waals surface area (Å²) in [4.78, 5) is 13.1. The second-order valence-electron chi connectivity index (χ2n) is 6.11. The second-order valence-corrected chi connectivity index (χ2v) is 6.11. The minimum Gasteiger partial charge on any atom is -0.364 e. The molecule has 3 aromatic carbocycles. The Kier molecular flexibility index (Phi) is 3.35. The zero-order chi connectivity index (χ0) is 16.6. The van der Waals surface area contributed by atoms with Crippen molar-refractivity contribution < 1.29 is 4.79 Å². The van der Waals surface area contributed by atoms with Crippen molar-refractivity contribution in [3.05, 3.63) is 95.6 Å². The Hall–Kier alpha value is -3.07. The molecule has 0 fully saturated rings. The molecule has 2 N–H and O–H groups in total. The third kappa shape index (κ3) is 2.17. The molecule has 0 saturated heterocycles. The number of aryl methyl sites for hydroxylation is 1. The first-order chi connectivity index (χ1) is 11.7. The van der Waals surface area contributed by atoms with Gasteiger partial charge in [0, 0.05) is 16.9 Å². The summed E-state index contributed by atoms with van der Waals surface area (Å²) in [5.74, 6) is -0.0597. The fourth-order valence-corrected chi connectivity index (χ4v) is 3.28. The predicted molar refractivity (Wildman–Crippen MR) is 97.1 cm³/mol. The number of anilines is 2. The van der Waals surface area contributed by atoms with E-state index in [0.29, 0.717) is 0 Å². The zero-order valence-electron chi connectivity index (χ0n) is 13.4. The van der Waals surface area contributed by atoms with Crippen LogP contribution in [0.5, 0.6) is 0 Å². The number of carbonyl (C=O) groups excluding carboxylic acids is 1. The lowest BCUT2D eigenvalue weighted by Gasteiger charge is -2.30. The number of amides is 1. The molecule has 0 spiro atoms. The van der Waals surface area contributed by atoms with Crippen LogP contribution in [0.15, 0.2) is 78.9 Å². The smallest absolute Gasteiger partial charge is 0.259 e. The summed E-state index contributed by atoms with van der Waals surface area (Å²) in [6, 6.07) is 25.8. The van der Waals surface area contributed by atoms with Gasteiger partial charge in [-0.05, 0) is 30.7 Å². The van der Waals surface area contributed by atoms with Gasteiger partial charge in [-0.3, -0.25) is 4.79 Å². The van der Waals surface area contributed by atoms with E-state index in [2.05, 4.69) is 10.6 Å². The highest BCUT2D eigenvalue weighted by Gasteiger charge is 2.48. The molecule has 24 heavy (non-hydrogen) atoms. The molecule has 1 aliphatic heterocycles. The van der Waals surface area contributed by atoms with Crippen LogP contribution in [0, 0.1) is 6.92 Å². The Balaban J connectivity index is 1.91. The summed E-state index contributed by atoms with van der Waals surface area (Å²) in [6.07, 6.45) is 0. The minimum absolute atomic E-state index is 0.0597. The fraction of sp³-hybridized carbons (Fsp3) is 0.0952. The van der Waals surface area contributed by atoms with Crippen LogP contribution < -0.4 is 10.6 Å². The number of hydrogen-bond donors (Lipinski definition) is 2. The SMILES string of the molecule is Cc1ccc(N[C@@]2(c3ccccc3)C(=O)Nc3ccccc32)cc1. The van der Waals surface area contributed by atoms with E-state index in [1.165, 1.54) is 5.56 Å². The molecule has 4 rings (SSSR count). The van der Waals surface area contributed by atoms with E-state index >= 15 is 0 Å². The predicted octanol–water partition coefficient (Wildman–Crippen LogP) is 4.30. The van der Waals surface area contributed by atoms with Crippen molar-refractivity contribution in [3.8, 4) is 0 Å². The number of fused-ring (bicyclic) bond motifs is 1. The van der Waals surface area contributed by atoms with Crippen LogP contribution in [0.1, 0.15) is 16.7 Å². The number of rotatable bonds is 3. The van der Waals surface area contributed by atoms with Crippen LogP contribution in [0.25, 0.3) is 0 Å². The summed E-state index contributed by atoms with van der Waals surface area (Å²) in [5.41, 5.74) is 3.90. The Labute approximate surface area is 141 Å². The van der Waals surface area contributed by atoms with Crippen molar-refractivity contribution in [2.24, 2.45) is 0 Å². The molecule has 1 atom stereocenters. The van der Waals surface area contributed by atoms with E-state index in [1.54, 1.807) is 0 Å². The van der Waals surface area contributed by atoms with Crippen molar-refractivity contribution in [1.82, 2.24) is 0 Å². The van der Waals surface area contributed by atoms with Gasteiger partial charge in [0.05, 0.1) is 0 Å². The lowest BCUT2D eigenvalue weighted by molar-refractivity contribution is -0.118. The Morgan fingerprint density at radius 3 is 2.25 bits per heavy atom. The number of hydrogen-bond acceptors (Lipinski definition) is 2. The van der Waals surface area contributed by atoms with Crippen molar-refractivity contribution in [2.75, 3.05) is 10.6 Å². The summed E-state index contributed by atoms with van der Waals surface area (Å²) < 4.78 is 0. The standard InChI is InChI=1S/C21H18N2O/c1-15-11-13-17(14-12-15)23-21(16-7-3-2-4-8-16)18-9-5-6-10-19(18)22-20(21)24/h2-14,23H,1H3,(H,22,24)/t21-/m1/s1. The maximum absolute atomic E-state index is 13.1. The first kappa shape index (κ1) is 14.5. The first-order valence-electron chi connectivity index (χ1n) is 8.01. The lowest BCUT2D eigenvalue weighted by Crippen LogP contribution is -2.43. The quantitative estimate of drug-likeness (QED) is 0.756. The third-order valence-corrected chi connectivity index (χ3v) is 4.51. The number of carbonyl (C=O) groups is 1. The highest BCUT2D eigenvalue weighted by atomic mass is 16.2. The van der Waals surface area contributed by atoms with Crippen LogP contribution in [-0.2, 0) is 10.3 Å². The molecule has 0 bridgehead atoms. The van der Waals surface area contributed by atoms with Crippen LogP contribution in [0.3, 0.4) is 0 Å². The van der Waals surface area contributed by atoms with Crippen molar-refractivity contribution in [2.45, 2.75) is 12.5 Å². The van der Waals surface area contributed by atoms with Gasteiger partial charge in [0.15, 0.2) is 5.54 Å². The van der Waals surface area contributed by atoms with Gasteiger partial charge in [0.1, 0.15) is 0 Å². The van der Waals surface area contributed by atoms with E-state index < -0.39 is 5.54 Å². The molecule has 0 saturated carbocycles. The van der Waals surface area contributed by atoms with Gasteiger partial charge in [-0.15, -0.1) is 0 Å². The Morgan fingerprint density at radius 1 is 0.833 bits per heavy atom. The van der Waals surface area contributed by atoms with Gasteiger partial charge < -0.3 is 10.6 Å². The summed E-state index contributed by atoms with van der Waals surface area (Å²) in [5, 5.41) is 6.51. The first-order valence-corrected chi connectivity index (χ1v) is 8.01. The average Bonchev–Trinajstić information content (AvgIpc) is 2.90. The van der Waals surface area contributed by atoms with Gasteiger partial charge in [-0.2, -0.15) is 0 Å². The molecular weight excluding hydrogens is 296 g/mol. The van der Waals surface area contributed by atoms with Gasteiger partial charge in [-0.25, -0.2) is 0 Å². The molecule has 118 valence electrons. The molecule has 3 heteroatoms. The monoisotopic (exact) mass is 314 g/mol. The van der Waals surface area contributed by atoms with Gasteiger partial charge in [0.25, 0.3) is 5.91 Å². The van der Waals surface area contributed by atoms with Gasteiger partial charge in [-0.1, -0.05) is 66.2 Å². The summed E-state index contributed by atoms with van der Waals surface area (Å²) in [6.45, 7) is 2.05. The van der Waals surface area contributed by atoms with E-state index in [4.69, 9.17) is 0 Å². The maximum atomic E-state index is 13.1. The van der Waals surface area contributed by atoms with E-state index in [9.17, 15) is 4.79 Å². The van der Waals surface area contributed by atoms with Gasteiger partial charge >= 0.3 is 0 Å². The topological polar surface area (TPSA) is 41.1 Å². The second kappa shape index (κ2) is 5.53. The maximum Gasteiger partial charge on any atom is 0.259 e. The van der Waals surface area contributed by atoms with Crippen LogP contribution in [0.4, 0.5) is 11.4 Å². The Bertz CT molecular complexity index is 887. The largest absolute Gasteiger partial charge is 0.364 e. The minimum atomic E-state index is -0.924. The van der Waals surface area contributed by atoms with Crippen molar-refractivity contribution >= 4 is 17.3 Å². The van der Waals surface area contributed by atoms with Crippen LogP contribution in [0.2, 0.25) is 0 Å². The van der Waals surface area contributed by atoms with E-state index in [1.807, 2.05) is 85.8 Å². The van der Waals surface area contributed by atoms with Gasteiger partial charge in [0.2, 0.25) is 0 Å². The average molecular weight is 314 g/mol. The number of nitrogens with one attached hydrogen (secondary N) is 2. The lowest BCUT2D eigenvalue weighted by atomic mass is 9.83. The molecule has 1 aliphatic rings. The highest BCUT2D eigenvalue weighted by Crippen LogP contribution is 2.43. The number of para-hydroxylation sites is 1. The van der Waals surface area contributed by atoms with Crippen molar-refractivity contribution in [3.63, 3.8) is 0 Å². The fourth-order valence-electron chi connectivity index (χ4n) is 3.28. The summed E-state index contributed by atoms with van der Waals surface area (Å²) in [7, 11) is 0. The normalized spacial score (nSPS) is 18.8. The van der Waals surface area contributed by atoms with E-state index in [0.717, 1.165) is 22.5 Å². The molecule has 0 aromatic heterocycles. The highest BCUT2D eigenvalue weighted by molar-refractivity contribution is 6.10. The third-order valence-electron chi connectivity index (χ3n) is 4.51. The molecule has 0 radical (unpaired) electrons. The molecular formula is C21H18N2O. The summed E-state index contributed by atoms with van der Waals surface area (Å²) >= 11 is 0. The van der Waals surface area contributed by atoms with Crippen LogP contribution >= 0.6 is 0 Å².